The minimum absolute atomic E-state index is 0.232. The molecule has 0 aliphatic carbocycles. The van der Waals surface area contributed by atoms with Crippen LogP contribution in [0.1, 0.15) is 21.6 Å². The molecule has 20 heavy (non-hydrogen) atoms. The van der Waals surface area contributed by atoms with Crippen molar-refractivity contribution < 1.29 is 9.53 Å². The third-order valence-corrected chi connectivity index (χ3v) is 3.28. The number of ether oxygens (including phenoxy) is 1. The molecule has 0 aliphatic heterocycles. The third kappa shape index (κ3) is 2.74. The summed E-state index contributed by atoms with van der Waals surface area (Å²) in [5, 5.41) is 6.97. The van der Waals surface area contributed by atoms with Gasteiger partial charge in [0.25, 0.3) is 5.91 Å². The van der Waals surface area contributed by atoms with E-state index in [1.807, 2.05) is 14.0 Å². The molecule has 6 heteroatoms. The zero-order chi connectivity index (χ0) is 14.7. The molecule has 1 aromatic carbocycles. The summed E-state index contributed by atoms with van der Waals surface area (Å²) in [6.45, 7) is 2.36. The summed E-state index contributed by atoms with van der Waals surface area (Å²) in [6.07, 6.45) is 1.74. The predicted octanol–water partition coefficient (Wildman–Crippen LogP) is 1.25. The predicted molar refractivity (Wildman–Crippen MR) is 76.5 cm³/mol. The second-order valence-corrected chi connectivity index (χ2v) is 4.51. The molecule has 106 valence electrons. The lowest BCUT2D eigenvalue weighted by atomic mass is 10.1. The van der Waals surface area contributed by atoms with Crippen LogP contribution in [0.4, 0.5) is 5.69 Å². The molecule has 2 aromatic rings. The van der Waals surface area contributed by atoms with Gasteiger partial charge in [-0.1, -0.05) is 0 Å². The number of nitrogens with one attached hydrogen (secondary N) is 1. The van der Waals surface area contributed by atoms with Crippen LogP contribution in [-0.2, 0) is 13.6 Å². The Bertz CT molecular complexity index is 634. The van der Waals surface area contributed by atoms with Crippen molar-refractivity contribution in [3.05, 3.63) is 41.2 Å². The normalized spacial score (nSPS) is 10.3. The topological polar surface area (TPSA) is 82.2 Å². The summed E-state index contributed by atoms with van der Waals surface area (Å²) in [5.74, 6) is 0.367. The first-order valence-electron chi connectivity index (χ1n) is 6.22. The van der Waals surface area contributed by atoms with Gasteiger partial charge >= 0.3 is 0 Å². The van der Waals surface area contributed by atoms with Crippen LogP contribution in [0.2, 0.25) is 0 Å². The molecule has 0 saturated heterocycles. The molecule has 1 aromatic heterocycles. The van der Waals surface area contributed by atoms with E-state index in [1.54, 1.807) is 36.2 Å². The Morgan fingerprint density at radius 3 is 2.85 bits per heavy atom. The van der Waals surface area contributed by atoms with E-state index in [0.29, 0.717) is 23.5 Å². The summed E-state index contributed by atoms with van der Waals surface area (Å²) in [7, 11) is 3.41. The maximum Gasteiger partial charge on any atom is 0.253 e. The molecule has 2 rings (SSSR count). The highest BCUT2D eigenvalue weighted by Crippen LogP contribution is 2.19. The molecule has 3 N–H and O–H groups in total. The van der Waals surface area contributed by atoms with Crippen molar-refractivity contribution in [2.75, 3.05) is 12.8 Å². The Morgan fingerprint density at radius 1 is 1.50 bits per heavy atom. The second-order valence-electron chi connectivity index (χ2n) is 4.51. The molecule has 0 radical (unpaired) electrons. The number of aryl methyl sites for hydroxylation is 1. The molecular formula is C14H18N4O2. The van der Waals surface area contributed by atoms with Crippen LogP contribution < -0.4 is 15.8 Å². The molecule has 0 fully saturated rings. The van der Waals surface area contributed by atoms with Crippen LogP contribution >= 0.6 is 0 Å². The number of carbonyl (C=O) groups is 1. The molecule has 0 spiro atoms. The summed E-state index contributed by atoms with van der Waals surface area (Å²) >= 11 is 0. The highest BCUT2D eigenvalue weighted by atomic mass is 16.5. The SMILES string of the molecule is COc1ccc(N)c(C(=O)NCc2cnn(C)c2C)c1. The Hall–Kier alpha value is -2.50. The van der Waals surface area contributed by atoms with Gasteiger partial charge in [-0.3, -0.25) is 9.48 Å². The fraction of sp³-hybridized carbons (Fsp3) is 0.286. The quantitative estimate of drug-likeness (QED) is 0.822. The highest BCUT2D eigenvalue weighted by molar-refractivity contribution is 5.99. The fourth-order valence-corrected chi connectivity index (χ4v) is 1.85. The number of nitrogen functional groups attached to an aromatic ring is 1. The number of hydrogen-bond acceptors (Lipinski definition) is 4. The summed E-state index contributed by atoms with van der Waals surface area (Å²) in [4.78, 5) is 12.2. The van der Waals surface area contributed by atoms with Crippen LogP contribution in [0.25, 0.3) is 0 Å². The van der Waals surface area contributed by atoms with E-state index in [2.05, 4.69) is 10.4 Å². The van der Waals surface area contributed by atoms with Gasteiger partial charge in [0.2, 0.25) is 0 Å². The van der Waals surface area contributed by atoms with E-state index < -0.39 is 0 Å². The van der Waals surface area contributed by atoms with E-state index >= 15 is 0 Å². The summed E-state index contributed by atoms with van der Waals surface area (Å²) in [5.41, 5.74) is 8.64. The summed E-state index contributed by atoms with van der Waals surface area (Å²) < 4.78 is 6.86. The van der Waals surface area contributed by atoms with Crippen molar-refractivity contribution in [3.8, 4) is 5.75 Å². The third-order valence-electron chi connectivity index (χ3n) is 3.28. The molecule has 1 heterocycles. The van der Waals surface area contributed by atoms with Crippen LogP contribution in [0.5, 0.6) is 5.75 Å². The number of carbonyl (C=O) groups excluding carboxylic acids is 1. The molecule has 1 amide bonds. The smallest absolute Gasteiger partial charge is 0.253 e. The first-order chi connectivity index (χ1) is 9.52. The number of methoxy groups -OCH3 is 1. The molecule has 0 bridgehead atoms. The van der Waals surface area contributed by atoms with E-state index in [0.717, 1.165) is 11.3 Å². The Balaban J connectivity index is 2.10. The maximum absolute atomic E-state index is 12.2. The van der Waals surface area contributed by atoms with Crippen molar-refractivity contribution >= 4 is 11.6 Å². The van der Waals surface area contributed by atoms with Crippen molar-refractivity contribution in [1.82, 2.24) is 15.1 Å². The van der Waals surface area contributed by atoms with Crippen molar-refractivity contribution in [2.45, 2.75) is 13.5 Å². The number of benzene rings is 1. The molecule has 6 nitrogen and oxygen atoms in total. The van der Waals surface area contributed by atoms with Gasteiger partial charge in [-0.15, -0.1) is 0 Å². The number of rotatable bonds is 4. The van der Waals surface area contributed by atoms with Crippen LogP contribution in [0.15, 0.2) is 24.4 Å². The van der Waals surface area contributed by atoms with Crippen LogP contribution in [-0.4, -0.2) is 22.8 Å². The Morgan fingerprint density at radius 2 is 2.25 bits per heavy atom. The first-order valence-corrected chi connectivity index (χ1v) is 6.22. The zero-order valence-electron chi connectivity index (χ0n) is 11.8. The number of nitrogens with zero attached hydrogens (tertiary/aromatic N) is 2. The second kappa shape index (κ2) is 5.64. The van der Waals surface area contributed by atoms with Gasteiger partial charge in [0.1, 0.15) is 5.75 Å². The van der Waals surface area contributed by atoms with Gasteiger partial charge in [-0.05, 0) is 25.1 Å². The number of nitrogens with two attached hydrogens (primary N) is 1. The largest absolute Gasteiger partial charge is 0.497 e. The van der Waals surface area contributed by atoms with E-state index in [4.69, 9.17) is 10.5 Å². The van der Waals surface area contributed by atoms with Crippen molar-refractivity contribution in [3.63, 3.8) is 0 Å². The summed E-state index contributed by atoms with van der Waals surface area (Å²) in [6, 6.07) is 5.00. The van der Waals surface area contributed by atoms with E-state index in [9.17, 15) is 4.79 Å². The standard InChI is InChI=1S/C14H18N4O2/c1-9-10(8-17-18(9)2)7-16-14(19)12-6-11(20-3)4-5-13(12)15/h4-6,8H,7,15H2,1-3H3,(H,16,19). The number of aromatic nitrogens is 2. The highest BCUT2D eigenvalue weighted by Gasteiger charge is 2.12. The van der Waals surface area contributed by atoms with Gasteiger partial charge < -0.3 is 15.8 Å². The van der Waals surface area contributed by atoms with Crippen molar-refractivity contribution in [1.29, 1.82) is 0 Å². The molecule has 0 unspecified atom stereocenters. The Kier molecular flexibility index (Phi) is 3.93. The Labute approximate surface area is 117 Å². The lowest BCUT2D eigenvalue weighted by molar-refractivity contribution is 0.0951. The van der Waals surface area contributed by atoms with Crippen LogP contribution in [0, 0.1) is 6.92 Å². The average Bonchev–Trinajstić information content (AvgIpc) is 2.77. The average molecular weight is 274 g/mol. The van der Waals surface area contributed by atoms with Gasteiger partial charge in [0.15, 0.2) is 0 Å². The zero-order valence-corrected chi connectivity index (χ0v) is 11.8. The first kappa shape index (κ1) is 13.9. The van der Waals surface area contributed by atoms with E-state index in [-0.39, 0.29) is 5.91 Å². The van der Waals surface area contributed by atoms with Gasteiger partial charge in [0.05, 0.1) is 18.9 Å². The molecule has 0 aliphatic rings. The monoisotopic (exact) mass is 274 g/mol. The van der Waals surface area contributed by atoms with Crippen molar-refractivity contribution in [2.24, 2.45) is 7.05 Å². The number of anilines is 1. The van der Waals surface area contributed by atoms with E-state index in [1.165, 1.54) is 0 Å². The van der Waals surface area contributed by atoms with Gasteiger partial charge in [0, 0.05) is 30.5 Å². The number of hydrogen-bond donors (Lipinski definition) is 2. The maximum atomic E-state index is 12.2. The minimum Gasteiger partial charge on any atom is -0.497 e. The van der Waals surface area contributed by atoms with Gasteiger partial charge in [-0.25, -0.2) is 0 Å². The molecule has 0 saturated carbocycles. The molecule has 0 atom stereocenters. The van der Waals surface area contributed by atoms with Gasteiger partial charge in [-0.2, -0.15) is 5.10 Å². The lowest BCUT2D eigenvalue weighted by Crippen LogP contribution is -2.24. The molecular weight excluding hydrogens is 256 g/mol. The lowest BCUT2D eigenvalue weighted by Gasteiger charge is -2.09. The fourth-order valence-electron chi connectivity index (χ4n) is 1.85. The number of amides is 1. The van der Waals surface area contributed by atoms with Crippen LogP contribution in [0.3, 0.4) is 0 Å². The minimum atomic E-state index is -0.232.